The van der Waals surface area contributed by atoms with E-state index in [1.165, 1.54) is 0 Å². The summed E-state index contributed by atoms with van der Waals surface area (Å²) in [5.41, 5.74) is 7.71. The molecule has 2 rings (SSSR count). The molecule has 0 saturated heterocycles. The van der Waals surface area contributed by atoms with Crippen molar-refractivity contribution in [2.45, 2.75) is 33.9 Å². The van der Waals surface area contributed by atoms with Crippen molar-refractivity contribution < 1.29 is 4.79 Å². The number of rotatable bonds is 5. The molecular formula is C14H19BrN4OS. The van der Waals surface area contributed by atoms with Gasteiger partial charge in [-0.15, -0.1) is 11.3 Å². The highest BCUT2D eigenvalue weighted by Crippen LogP contribution is 2.25. The van der Waals surface area contributed by atoms with E-state index in [0.29, 0.717) is 36.7 Å². The Morgan fingerprint density at radius 1 is 1.48 bits per heavy atom. The standard InChI is InChI=1S/C14H19BrN4OS/c1-4-18(8-10-6-7-11(15)21-10)14(20)13-12(16)9(3)17-19(13)5-2/h6-7H,4-5,8,16H2,1-3H3. The van der Waals surface area contributed by atoms with E-state index in [9.17, 15) is 4.79 Å². The molecule has 0 atom stereocenters. The van der Waals surface area contributed by atoms with Crippen molar-refractivity contribution in [3.63, 3.8) is 0 Å². The third-order valence-electron chi connectivity index (χ3n) is 3.32. The van der Waals surface area contributed by atoms with Gasteiger partial charge >= 0.3 is 0 Å². The zero-order valence-corrected chi connectivity index (χ0v) is 14.8. The third kappa shape index (κ3) is 3.29. The molecule has 0 saturated carbocycles. The molecule has 1 amide bonds. The van der Waals surface area contributed by atoms with E-state index in [4.69, 9.17) is 5.73 Å². The van der Waals surface area contributed by atoms with Crippen LogP contribution in [0, 0.1) is 6.92 Å². The van der Waals surface area contributed by atoms with E-state index in [1.807, 2.05) is 32.9 Å². The molecule has 2 N–H and O–H groups in total. The van der Waals surface area contributed by atoms with Crippen molar-refractivity contribution >= 4 is 38.9 Å². The van der Waals surface area contributed by atoms with Gasteiger partial charge in [-0.25, -0.2) is 0 Å². The number of carbonyl (C=O) groups is 1. The van der Waals surface area contributed by atoms with Gasteiger partial charge in [0.25, 0.3) is 5.91 Å². The Labute approximate surface area is 136 Å². The number of amides is 1. The first-order valence-electron chi connectivity index (χ1n) is 6.84. The van der Waals surface area contributed by atoms with Crippen LogP contribution in [0.25, 0.3) is 0 Å². The van der Waals surface area contributed by atoms with Crippen molar-refractivity contribution in [1.82, 2.24) is 14.7 Å². The van der Waals surface area contributed by atoms with Crippen LogP contribution in [-0.4, -0.2) is 27.1 Å². The summed E-state index contributed by atoms with van der Waals surface area (Å²) in [7, 11) is 0. The third-order valence-corrected chi connectivity index (χ3v) is 4.93. The molecule has 0 bridgehead atoms. The lowest BCUT2D eigenvalue weighted by Crippen LogP contribution is -2.32. The minimum atomic E-state index is -0.0676. The molecular weight excluding hydrogens is 352 g/mol. The molecule has 0 aliphatic heterocycles. The fourth-order valence-electron chi connectivity index (χ4n) is 2.15. The van der Waals surface area contributed by atoms with E-state index in [-0.39, 0.29) is 5.91 Å². The maximum Gasteiger partial charge on any atom is 0.274 e. The van der Waals surface area contributed by atoms with E-state index < -0.39 is 0 Å². The first kappa shape index (κ1) is 16.0. The smallest absolute Gasteiger partial charge is 0.274 e. The van der Waals surface area contributed by atoms with Crippen LogP contribution in [0.1, 0.15) is 34.9 Å². The summed E-state index contributed by atoms with van der Waals surface area (Å²) in [5.74, 6) is -0.0676. The summed E-state index contributed by atoms with van der Waals surface area (Å²) in [6.07, 6.45) is 0. The molecule has 0 unspecified atom stereocenters. The second-order valence-electron chi connectivity index (χ2n) is 4.69. The molecule has 0 fully saturated rings. The highest BCUT2D eigenvalue weighted by molar-refractivity contribution is 9.11. The Bertz CT molecular complexity index is 649. The van der Waals surface area contributed by atoms with E-state index in [0.717, 1.165) is 8.66 Å². The SMILES string of the molecule is CCN(Cc1ccc(Br)s1)C(=O)c1c(N)c(C)nn1CC. The van der Waals surface area contributed by atoms with Crippen LogP contribution in [0.5, 0.6) is 0 Å². The Morgan fingerprint density at radius 2 is 2.19 bits per heavy atom. The van der Waals surface area contributed by atoms with Gasteiger partial charge in [-0.2, -0.15) is 5.10 Å². The number of anilines is 1. The molecule has 0 radical (unpaired) electrons. The predicted molar refractivity (Wildman–Crippen MR) is 89.5 cm³/mol. The quantitative estimate of drug-likeness (QED) is 0.877. The van der Waals surface area contributed by atoms with Gasteiger partial charge in [-0.3, -0.25) is 9.48 Å². The second-order valence-corrected chi connectivity index (χ2v) is 7.24. The van der Waals surface area contributed by atoms with E-state index in [2.05, 4.69) is 21.0 Å². The lowest BCUT2D eigenvalue weighted by molar-refractivity contribution is 0.0743. The number of aromatic nitrogens is 2. The van der Waals surface area contributed by atoms with Crippen molar-refractivity contribution in [2.24, 2.45) is 0 Å². The first-order valence-corrected chi connectivity index (χ1v) is 8.45. The lowest BCUT2D eigenvalue weighted by Gasteiger charge is -2.20. The molecule has 2 aromatic heterocycles. The zero-order chi connectivity index (χ0) is 15.6. The summed E-state index contributed by atoms with van der Waals surface area (Å²) in [6.45, 7) is 7.58. The number of halogens is 1. The maximum absolute atomic E-state index is 12.8. The van der Waals surface area contributed by atoms with Crippen molar-refractivity contribution in [1.29, 1.82) is 0 Å². The second kappa shape index (κ2) is 6.62. The minimum absolute atomic E-state index is 0.0676. The number of hydrogen-bond acceptors (Lipinski definition) is 4. The van der Waals surface area contributed by atoms with Crippen LogP contribution in [0.3, 0.4) is 0 Å². The highest BCUT2D eigenvalue weighted by atomic mass is 79.9. The van der Waals surface area contributed by atoms with Crippen molar-refractivity contribution in [3.8, 4) is 0 Å². The normalized spacial score (nSPS) is 10.9. The first-order chi connectivity index (χ1) is 9.97. The molecule has 5 nitrogen and oxygen atoms in total. The molecule has 0 spiro atoms. The zero-order valence-electron chi connectivity index (χ0n) is 12.4. The number of nitrogens with two attached hydrogens (primary N) is 1. The molecule has 0 aliphatic rings. The molecule has 114 valence electrons. The van der Waals surface area contributed by atoms with Crippen LogP contribution in [-0.2, 0) is 13.1 Å². The fourth-order valence-corrected chi connectivity index (χ4v) is 3.65. The van der Waals surface area contributed by atoms with Crippen LogP contribution < -0.4 is 5.73 Å². The van der Waals surface area contributed by atoms with Crippen LogP contribution in [0.4, 0.5) is 5.69 Å². The van der Waals surface area contributed by atoms with Gasteiger partial charge in [0.15, 0.2) is 0 Å². The Kier molecular flexibility index (Phi) is 5.05. The monoisotopic (exact) mass is 370 g/mol. The molecule has 2 heterocycles. The van der Waals surface area contributed by atoms with Crippen LogP contribution >= 0.6 is 27.3 Å². The summed E-state index contributed by atoms with van der Waals surface area (Å²) in [6, 6.07) is 4.02. The number of aryl methyl sites for hydroxylation is 2. The van der Waals surface area contributed by atoms with Crippen LogP contribution in [0.2, 0.25) is 0 Å². The summed E-state index contributed by atoms with van der Waals surface area (Å²) < 4.78 is 2.75. The fraction of sp³-hybridized carbons (Fsp3) is 0.429. The Morgan fingerprint density at radius 3 is 2.71 bits per heavy atom. The van der Waals surface area contributed by atoms with Gasteiger partial charge in [0.05, 0.1) is 21.7 Å². The Hall–Kier alpha value is -1.34. The van der Waals surface area contributed by atoms with Gasteiger partial charge < -0.3 is 10.6 Å². The Balaban J connectivity index is 2.28. The maximum atomic E-state index is 12.8. The number of nitrogens with zero attached hydrogens (tertiary/aromatic N) is 3. The molecule has 0 aliphatic carbocycles. The molecule has 0 aromatic carbocycles. The molecule has 2 aromatic rings. The van der Waals surface area contributed by atoms with Gasteiger partial charge in [0, 0.05) is 18.0 Å². The van der Waals surface area contributed by atoms with E-state index >= 15 is 0 Å². The largest absolute Gasteiger partial charge is 0.395 e. The molecule has 21 heavy (non-hydrogen) atoms. The highest BCUT2D eigenvalue weighted by Gasteiger charge is 2.24. The number of hydrogen-bond donors (Lipinski definition) is 1. The van der Waals surface area contributed by atoms with Crippen LogP contribution in [0.15, 0.2) is 15.9 Å². The van der Waals surface area contributed by atoms with Gasteiger partial charge in [-0.05, 0) is 48.8 Å². The molecule has 7 heteroatoms. The average Bonchev–Trinajstić information content (AvgIpc) is 3.00. The van der Waals surface area contributed by atoms with Gasteiger partial charge in [0.1, 0.15) is 5.69 Å². The van der Waals surface area contributed by atoms with Crippen molar-refractivity contribution in [2.75, 3.05) is 12.3 Å². The summed E-state index contributed by atoms with van der Waals surface area (Å²) in [5, 5.41) is 4.32. The number of thiophene rings is 1. The van der Waals surface area contributed by atoms with E-state index in [1.54, 1.807) is 20.9 Å². The minimum Gasteiger partial charge on any atom is -0.395 e. The summed E-state index contributed by atoms with van der Waals surface area (Å²) in [4.78, 5) is 15.7. The van der Waals surface area contributed by atoms with Crippen molar-refractivity contribution in [3.05, 3.63) is 32.2 Å². The summed E-state index contributed by atoms with van der Waals surface area (Å²) >= 11 is 5.08. The lowest BCUT2D eigenvalue weighted by atomic mass is 10.2. The average molecular weight is 371 g/mol. The van der Waals surface area contributed by atoms with Gasteiger partial charge in [0.2, 0.25) is 0 Å². The predicted octanol–water partition coefficient (Wildman–Crippen LogP) is 3.28. The topological polar surface area (TPSA) is 64.2 Å². The number of carbonyl (C=O) groups excluding carboxylic acids is 1. The van der Waals surface area contributed by atoms with Gasteiger partial charge in [-0.1, -0.05) is 0 Å². The number of nitrogen functional groups attached to an aromatic ring is 1.